The Balaban J connectivity index is 1.48. The number of nitrogens with zero attached hydrogens (tertiary/aromatic N) is 1. The van der Waals surface area contributed by atoms with E-state index in [0.717, 1.165) is 27.2 Å². The molecular formula is C24H22N2O5S. The first kappa shape index (κ1) is 21.6. The van der Waals surface area contributed by atoms with Crippen LogP contribution in [0.1, 0.15) is 28.0 Å². The van der Waals surface area contributed by atoms with E-state index in [1.54, 1.807) is 17.5 Å². The Morgan fingerprint density at radius 3 is 2.22 bits per heavy atom. The maximum absolute atomic E-state index is 12.8. The molecule has 0 bridgehead atoms. The lowest BCUT2D eigenvalue weighted by atomic mass is 9.98. The largest absolute Gasteiger partial charge is 0.480 e. The molecule has 0 aliphatic heterocycles. The molecule has 2 aromatic carbocycles. The number of benzene rings is 2. The van der Waals surface area contributed by atoms with Crippen molar-refractivity contribution < 1.29 is 24.2 Å². The summed E-state index contributed by atoms with van der Waals surface area (Å²) in [4.78, 5) is 38.1. The number of aliphatic carboxylic acids is 1. The number of amides is 2. The number of likely N-dealkylation sites (N-methyl/N-ethyl adjacent to an activating group) is 1. The zero-order valence-electron chi connectivity index (χ0n) is 17.4. The summed E-state index contributed by atoms with van der Waals surface area (Å²) in [5, 5.41) is 13.4. The van der Waals surface area contributed by atoms with Gasteiger partial charge in [0.25, 0.3) is 5.91 Å². The number of nitrogens with one attached hydrogen (secondary N) is 1. The molecule has 4 rings (SSSR count). The van der Waals surface area contributed by atoms with Gasteiger partial charge in [-0.25, -0.2) is 4.79 Å². The standard InChI is InChI=1S/C24H22N2O5S/c1-26(13-21(27)28)23(29)22(20-11-6-12-32-20)25-24(30)31-14-19-17-9-4-2-7-15(17)16-8-3-5-10-18(16)19/h2-12,19,22H,13-14H2,1H3,(H,25,30)(H,27,28). The summed E-state index contributed by atoms with van der Waals surface area (Å²) in [5.41, 5.74) is 4.43. The van der Waals surface area contributed by atoms with Crippen molar-refractivity contribution in [3.05, 3.63) is 82.0 Å². The maximum Gasteiger partial charge on any atom is 0.408 e. The number of carboxylic acid groups (broad SMARTS) is 1. The van der Waals surface area contributed by atoms with Crippen LogP contribution in [0.2, 0.25) is 0 Å². The normalized spacial score (nSPS) is 13.0. The van der Waals surface area contributed by atoms with Gasteiger partial charge in [0.15, 0.2) is 0 Å². The molecule has 0 saturated heterocycles. The van der Waals surface area contributed by atoms with Crippen molar-refractivity contribution in [2.75, 3.05) is 20.2 Å². The summed E-state index contributed by atoms with van der Waals surface area (Å²) in [7, 11) is 1.39. The van der Waals surface area contributed by atoms with Crippen LogP contribution < -0.4 is 5.32 Å². The van der Waals surface area contributed by atoms with Gasteiger partial charge >= 0.3 is 12.1 Å². The number of hydrogen-bond acceptors (Lipinski definition) is 5. The van der Waals surface area contributed by atoms with E-state index in [-0.39, 0.29) is 12.5 Å². The van der Waals surface area contributed by atoms with Crippen molar-refractivity contribution in [1.82, 2.24) is 10.2 Å². The van der Waals surface area contributed by atoms with Gasteiger partial charge in [-0.2, -0.15) is 0 Å². The van der Waals surface area contributed by atoms with Crippen molar-refractivity contribution in [2.45, 2.75) is 12.0 Å². The van der Waals surface area contributed by atoms with Crippen molar-refractivity contribution in [2.24, 2.45) is 0 Å². The highest BCUT2D eigenvalue weighted by Crippen LogP contribution is 2.44. The smallest absolute Gasteiger partial charge is 0.408 e. The van der Waals surface area contributed by atoms with E-state index in [1.807, 2.05) is 36.4 Å². The molecule has 164 valence electrons. The van der Waals surface area contributed by atoms with Crippen LogP contribution in [0.15, 0.2) is 66.0 Å². The third kappa shape index (κ3) is 4.36. The van der Waals surface area contributed by atoms with Gasteiger partial charge in [-0.3, -0.25) is 9.59 Å². The van der Waals surface area contributed by atoms with Crippen LogP contribution >= 0.6 is 11.3 Å². The lowest BCUT2D eigenvalue weighted by molar-refractivity contribution is -0.144. The molecule has 3 aromatic rings. The molecule has 0 saturated carbocycles. The Kier molecular flexibility index (Phi) is 6.23. The summed E-state index contributed by atoms with van der Waals surface area (Å²) >= 11 is 1.30. The molecule has 8 heteroatoms. The Morgan fingerprint density at radius 2 is 1.66 bits per heavy atom. The van der Waals surface area contributed by atoms with Gasteiger partial charge in [-0.1, -0.05) is 54.6 Å². The highest BCUT2D eigenvalue weighted by atomic mass is 32.1. The van der Waals surface area contributed by atoms with Crippen LogP contribution in [0, 0.1) is 0 Å². The van der Waals surface area contributed by atoms with Crippen molar-refractivity contribution >= 4 is 29.3 Å². The van der Waals surface area contributed by atoms with Crippen molar-refractivity contribution in [3.63, 3.8) is 0 Å². The number of thiophene rings is 1. The minimum absolute atomic E-state index is 0.0984. The summed E-state index contributed by atoms with van der Waals surface area (Å²) in [6.07, 6.45) is -0.734. The molecule has 1 unspecified atom stereocenters. The number of carbonyl (C=O) groups excluding carboxylic acids is 2. The number of fused-ring (bicyclic) bond motifs is 3. The lowest BCUT2D eigenvalue weighted by Crippen LogP contribution is -2.43. The van der Waals surface area contributed by atoms with E-state index >= 15 is 0 Å². The van der Waals surface area contributed by atoms with Crippen molar-refractivity contribution in [3.8, 4) is 11.1 Å². The van der Waals surface area contributed by atoms with Crippen LogP contribution in [0.5, 0.6) is 0 Å². The number of carboxylic acids is 1. The molecule has 0 radical (unpaired) electrons. The summed E-state index contributed by atoms with van der Waals surface area (Å²) in [5.74, 6) is -1.76. The average Bonchev–Trinajstić information content (AvgIpc) is 3.42. The lowest BCUT2D eigenvalue weighted by Gasteiger charge is -2.23. The summed E-state index contributed by atoms with van der Waals surface area (Å²) in [6.45, 7) is -0.344. The minimum Gasteiger partial charge on any atom is -0.480 e. The minimum atomic E-state index is -1.13. The van der Waals surface area contributed by atoms with E-state index in [0.29, 0.717) is 4.88 Å². The number of carbonyl (C=O) groups is 3. The Morgan fingerprint density at radius 1 is 1.03 bits per heavy atom. The third-order valence-corrected chi connectivity index (χ3v) is 6.37. The summed E-state index contributed by atoms with van der Waals surface area (Å²) < 4.78 is 5.55. The van der Waals surface area contributed by atoms with E-state index < -0.39 is 30.6 Å². The second-order valence-electron chi connectivity index (χ2n) is 7.51. The van der Waals surface area contributed by atoms with Crippen LogP contribution in [-0.4, -0.2) is 48.2 Å². The molecule has 1 atom stereocenters. The Bertz CT molecular complexity index is 1100. The highest BCUT2D eigenvalue weighted by molar-refractivity contribution is 7.10. The number of rotatable bonds is 7. The summed E-state index contributed by atoms with van der Waals surface area (Å²) in [6, 6.07) is 18.5. The highest BCUT2D eigenvalue weighted by Gasteiger charge is 2.31. The van der Waals surface area contributed by atoms with E-state index in [9.17, 15) is 14.4 Å². The van der Waals surface area contributed by atoms with Gasteiger partial charge in [-0.15, -0.1) is 11.3 Å². The quantitative estimate of drug-likeness (QED) is 0.570. The van der Waals surface area contributed by atoms with Crippen molar-refractivity contribution in [1.29, 1.82) is 0 Å². The predicted octanol–water partition coefficient (Wildman–Crippen LogP) is 3.87. The SMILES string of the molecule is CN(CC(=O)O)C(=O)C(NC(=O)OCC1c2ccccc2-c2ccccc21)c1cccs1. The van der Waals surface area contributed by atoms with Gasteiger partial charge in [-0.05, 0) is 33.7 Å². The van der Waals surface area contributed by atoms with Gasteiger partial charge in [0.2, 0.25) is 0 Å². The molecule has 32 heavy (non-hydrogen) atoms. The van der Waals surface area contributed by atoms with E-state index in [2.05, 4.69) is 17.4 Å². The number of hydrogen-bond donors (Lipinski definition) is 2. The van der Waals surface area contributed by atoms with E-state index in [4.69, 9.17) is 9.84 Å². The van der Waals surface area contributed by atoms with Crippen LogP contribution in [0.3, 0.4) is 0 Å². The third-order valence-electron chi connectivity index (χ3n) is 5.43. The average molecular weight is 451 g/mol. The van der Waals surface area contributed by atoms with Gasteiger partial charge in [0.05, 0.1) is 0 Å². The van der Waals surface area contributed by atoms with Crippen LogP contribution in [-0.2, 0) is 14.3 Å². The van der Waals surface area contributed by atoms with E-state index in [1.165, 1.54) is 18.4 Å². The first-order valence-corrected chi connectivity index (χ1v) is 11.0. The molecule has 0 spiro atoms. The fraction of sp³-hybridized carbons (Fsp3) is 0.208. The Labute approximate surface area is 189 Å². The topological polar surface area (TPSA) is 95.9 Å². The molecule has 2 N–H and O–H groups in total. The predicted molar refractivity (Wildman–Crippen MR) is 121 cm³/mol. The molecule has 2 amide bonds. The first-order valence-electron chi connectivity index (χ1n) is 10.1. The fourth-order valence-corrected chi connectivity index (χ4v) is 4.74. The molecule has 0 fully saturated rings. The van der Waals surface area contributed by atoms with Crippen LogP contribution in [0.4, 0.5) is 4.79 Å². The molecule has 7 nitrogen and oxygen atoms in total. The molecule has 1 aliphatic rings. The monoisotopic (exact) mass is 450 g/mol. The first-order chi connectivity index (χ1) is 15.5. The molecule has 1 aliphatic carbocycles. The Hall–Kier alpha value is -3.65. The van der Waals surface area contributed by atoms with Crippen LogP contribution in [0.25, 0.3) is 11.1 Å². The zero-order chi connectivity index (χ0) is 22.7. The van der Waals surface area contributed by atoms with Gasteiger partial charge < -0.3 is 20.1 Å². The number of alkyl carbamates (subject to hydrolysis) is 1. The molecule has 1 aromatic heterocycles. The second kappa shape index (κ2) is 9.23. The number of ether oxygens (including phenoxy) is 1. The zero-order valence-corrected chi connectivity index (χ0v) is 18.2. The fourth-order valence-electron chi connectivity index (χ4n) is 3.97. The molecular weight excluding hydrogens is 428 g/mol. The van der Waals surface area contributed by atoms with Gasteiger partial charge in [0, 0.05) is 17.8 Å². The molecule has 1 heterocycles. The second-order valence-corrected chi connectivity index (χ2v) is 8.49. The maximum atomic E-state index is 12.8. The van der Waals surface area contributed by atoms with Gasteiger partial charge in [0.1, 0.15) is 19.2 Å².